The van der Waals surface area contributed by atoms with E-state index in [2.05, 4.69) is 5.32 Å². The Hall–Kier alpha value is -1.63. The lowest BCUT2D eigenvalue weighted by atomic mass is 10.0. The van der Waals surface area contributed by atoms with E-state index in [1.807, 2.05) is 0 Å². The Balaban J connectivity index is 2.80. The number of hydrogen-bond acceptors (Lipinski definition) is 3. The summed E-state index contributed by atoms with van der Waals surface area (Å²) in [5.41, 5.74) is 1.09. The van der Waals surface area contributed by atoms with Gasteiger partial charge in [0.1, 0.15) is 0 Å². The third-order valence-electron chi connectivity index (χ3n) is 3.00. The Morgan fingerprint density at radius 2 is 1.95 bits per heavy atom. The first-order chi connectivity index (χ1) is 9.10. The standard InChI is InChI=1S/C13H17F3N2O2/c1-8-4-5-11(6-12(8)18(19)20)10(3)17-9(2)7-13(14,15)16/h4-6,9-10,17H,7H2,1-3H3. The van der Waals surface area contributed by atoms with E-state index in [1.165, 1.54) is 13.0 Å². The van der Waals surface area contributed by atoms with Crippen molar-refractivity contribution in [3.63, 3.8) is 0 Å². The molecule has 1 aromatic carbocycles. The minimum absolute atomic E-state index is 0.0281. The molecule has 0 amide bonds. The topological polar surface area (TPSA) is 55.2 Å². The van der Waals surface area contributed by atoms with E-state index < -0.39 is 29.6 Å². The Morgan fingerprint density at radius 1 is 1.35 bits per heavy atom. The van der Waals surface area contributed by atoms with Gasteiger partial charge < -0.3 is 5.32 Å². The fourth-order valence-electron chi connectivity index (χ4n) is 2.02. The van der Waals surface area contributed by atoms with Gasteiger partial charge in [0, 0.05) is 23.7 Å². The van der Waals surface area contributed by atoms with Gasteiger partial charge >= 0.3 is 6.18 Å². The van der Waals surface area contributed by atoms with Crippen LogP contribution >= 0.6 is 0 Å². The van der Waals surface area contributed by atoms with Gasteiger partial charge in [-0.2, -0.15) is 13.2 Å². The summed E-state index contributed by atoms with van der Waals surface area (Å²) in [5, 5.41) is 13.6. The molecule has 112 valence electrons. The molecule has 0 heterocycles. The van der Waals surface area contributed by atoms with E-state index in [0.29, 0.717) is 11.1 Å². The zero-order valence-corrected chi connectivity index (χ0v) is 11.5. The normalized spacial score (nSPS) is 14.9. The van der Waals surface area contributed by atoms with Gasteiger partial charge in [0.05, 0.1) is 11.3 Å². The molecule has 0 spiro atoms. The highest BCUT2D eigenvalue weighted by Gasteiger charge is 2.30. The van der Waals surface area contributed by atoms with Crippen molar-refractivity contribution >= 4 is 5.69 Å². The Morgan fingerprint density at radius 3 is 2.45 bits per heavy atom. The minimum atomic E-state index is -4.23. The fraction of sp³-hybridized carbons (Fsp3) is 0.538. The van der Waals surface area contributed by atoms with Crippen LogP contribution < -0.4 is 5.32 Å². The van der Waals surface area contributed by atoms with Gasteiger partial charge in [-0.15, -0.1) is 0 Å². The average molecular weight is 290 g/mol. The number of nitrogens with zero attached hydrogens (tertiary/aromatic N) is 1. The van der Waals surface area contributed by atoms with Crippen molar-refractivity contribution in [1.82, 2.24) is 5.32 Å². The van der Waals surface area contributed by atoms with Crippen molar-refractivity contribution in [2.75, 3.05) is 0 Å². The van der Waals surface area contributed by atoms with Crippen LogP contribution in [0.1, 0.15) is 37.4 Å². The summed E-state index contributed by atoms with van der Waals surface area (Å²) in [4.78, 5) is 10.3. The Kier molecular flexibility index (Phi) is 5.10. The molecule has 0 aromatic heterocycles. The maximum absolute atomic E-state index is 12.3. The van der Waals surface area contributed by atoms with Gasteiger partial charge in [-0.1, -0.05) is 12.1 Å². The molecular weight excluding hydrogens is 273 g/mol. The first-order valence-corrected chi connectivity index (χ1v) is 6.18. The third kappa shape index (κ3) is 4.80. The largest absolute Gasteiger partial charge is 0.390 e. The van der Waals surface area contributed by atoms with Crippen LogP contribution in [0.4, 0.5) is 18.9 Å². The van der Waals surface area contributed by atoms with Crippen LogP contribution in [-0.2, 0) is 0 Å². The molecule has 1 rings (SSSR count). The second-order valence-corrected chi connectivity index (χ2v) is 4.91. The molecule has 1 aromatic rings. The van der Waals surface area contributed by atoms with Crippen LogP contribution in [0, 0.1) is 17.0 Å². The van der Waals surface area contributed by atoms with Gasteiger partial charge in [-0.05, 0) is 26.3 Å². The number of halogens is 3. The van der Waals surface area contributed by atoms with E-state index in [0.717, 1.165) is 0 Å². The highest BCUT2D eigenvalue weighted by Crippen LogP contribution is 2.25. The maximum Gasteiger partial charge on any atom is 0.390 e. The number of aryl methyl sites for hydroxylation is 1. The smallest absolute Gasteiger partial charge is 0.307 e. The number of nitro benzene ring substituents is 1. The van der Waals surface area contributed by atoms with E-state index in [4.69, 9.17) is 0 Å². The van der Waals surface area contributed by atoms with E-state index in [9.17, 15) is 23.3 Å². The molecule has 0 aliphatic rings. The summed E-state index contributed by atoms with van der Waals surface area (Å²) in [7, 11) is 0. The summed E-state index contributed by atoms with van der Waals surface area (Å²) in [6, 6.07) is 3.52. The average Bonchev–Trinajstić information content (AvgIpc) is 2.26. The molecule has 0 fully saturated rings. The van der Waals surface area contributed by atoms with Gasteiger partial charge in [0.15, 0.2) is 0 Å². The van der Waals surface area contributed by atoms with E-state index in [1.54, 1.807) is 26.0 Å². The molecule has 2 unspecified atom stereocenters. The Bertz CT molecular complexity index is 489. The monoisotopic (exact) mass is 290 g/mol. The number of benzene rings is 1. The lowest BCUT2D eigenvalue weighted by Crippen LogP contribution is -2.33. The van der Waals surface area contributed by atoms with E-state index >= 15 is 0 Å². The van der Waals surface area contributed by atoms with Crippen LogP contribution in [0.3, 0.4) is 0 Å². The molecular formula is C13H17F3N2O2. The molecule has 0 saturated carbocycles. The van der Waals surface area contributed by atoms with Crippen LogP contribution in [0.15, 0.2) is 18.2 Å². The zero-order chi connectivity index (χ0) is 15.5. The lowest BCUT2D eigenvalue weighted by molar-refractivity contribution is -0.385. The van der Waals surface area contributed by atoms with Crippen LogP contribution in [0.25, 0.3) is 0 Å². The molecule has 7 heteroatoms. The molecule has 0 aliphatic heterocycles. The zero-order valence-electron chi connectivity index (χ0n) is 11.5. The number of rotatable bonds is 5. The molecule has 1 N–H and O–H groups in total. The number of nitro groups is 1. The lowest BCUT2D eigenvalue weighted by Gasteiger charge is -2.21. The summed E-state index contributed by atoms with van der Waals surface area (Å²) in [6.45, 7) is 4.74. The van der Waals surface area contributed by atoms with Crippen molar-refractivity contribution in [3.8, 4) is 0 Å². The number of hydrogen-bond donors (Lipinski definition) is 1. The van der Waals surface area contributed by atoms with Crippen LogP contribution in [0.2, 0.25) is 0 Å². The first-order valence-electron chi connectivity index (χ1n) is 6.18. The van der Waals surface area contributed by atoms with Gasteiger partial charge in [0.25, 0.3) is 5.69 Å². The minimum Gasteiger partial charge on any atom is -0.307 e. The van der Waals surface area contributed by atoms with Crippen molar-refractivity contribution in [1.29, 1.82) is 0 Å². The Labute approximate surface area is 115 Å². The van der Waals surface area contributed by atoms with Crippen LogP contribution in [-0.4, -0.2) is 17.1 Å². The molecule has 0 saturated heterocycles. The SMILES string of the molecule is Cc1ccc(C(C)NC(C)CC(F)(F)F)cc1[N+](=O)[O-]. The summed E-state index contributed by atoms with van der Waals surface area (Å²) in [6.07, 6.45) is -5.17. The molecule has 20 heavy (non-hydrogen) atoms. The second kappa shape index (κ2) is 6.21. The molecule has 2 atom stereocenters. The predicted octanol–water partition coefficient (Wildman–Crippen LogP) is 3.89. The van der Waals surface area contributed by atoms with Gasteiger partial charge in [-0.25, -0.2) is 0 Å². The molecule has 4 nitrogen and oxygen atoms in total. The molecule has 0 radical (unpaired) electrons. The summed E-state index contributed by atoms with van der Waals surface area (Å²) in [5.74, 6) is 0. The maximum atomic E-state index is 12.3. The van der Waals surface area contributed by atoms with Crippen molar-refractivity contribution in [2.24, 2.45) is 0 Å². The van der Waals surface area contributed by atoms with Crippen molar-refractivity contribution in [2.45, 2.75) is 45.5 Å². The molecule has 0 bridgehead atoms. The molecule has 0 aliphatic carbocycles. The first kappa shape index (κ1) is 16.4. The fourth-order valence-corrected chi connectivity index (χ4v) is 2.02. The van der Waals surface area contributed by atoms with Crippen molar-refractivity contribution < 1.29 is 18.1 Å². The highest BCUT2D eigenvalue weighted by atomic mass is 19.4. The quantitative estimate of drug-likeness (QED) is 0.661. The predicted molar refractivity (Wildman–Crippen MR) is 69.5 cm³/mol. The second-order valence-electron chi connectivity index (χ2n) is 4.91. The highest BCUT2D eigenvalue weighted by molar-refractivity contribution is 5.43. The number of nitrogens with one attached hydrogen (secondary N) is 1. The summed E-state index contributed by atoms with van der Waals surface area (Å²) < 4.78 is 36.8. The van der Waals surface area contributed by atoms with E-state index in [-0.39, 0.29) is 5.69 Å². The van der Waals surface area contributed by atoms with Crippen LogP contribution in [0.5, 0.6) is 0 Å². The van der Waals surface area contributed by atoms with Gasteiger partial charge in [-0.3, -0.25) is 10.1 Å². The number of alkyl halides is 3. The summed E-state index contributed by atoms with van der Waals surface area (Å²) >= 11 is 0. The van der Waals surface area contributed by atoms with Crippen molar-refractivity contribution in [3.05, 3.63) is 39.4 Å². The third-order valence-corrected chi connectivity index (χ3v) is 3.00. The van der Waals surface area contributed by atoms with Gasteiger partial charge in [0.2, 0.25) is 0 Å².